The Kier molecular flexibility index (Phi) is 8.80. The fourth-order valence-electron chi connectivity index (χ4n) is 3.21. The third-order valence-corrected chi connectivity index (χ3v) is 6.24. The molecule has 1 aromatic carbocycles. The maximum absolute atomic E-state index is 12.5. The number of carboxylic acids is 1. The summed E-state index contributed by atoms with van der Waals surface area (Å²) in [4.78, 5) is 26.7. The fraction of sp³-hybridized carbons (Fsp3) is 0.333. The first-order valence-corrected chi connectivity index (χ1v) is 11.8. The van der Waals surface area contributed by atoms with Gasteiger partial charge in [0.2, 0.25) is 0 Å². The molecule has 1 saturated heterocycles. The highest BCUT2D eigenvalue weighted by Crippen LogP contribution is 2.18. The molecule has 0 saturated carbocycles. The topological polar surface area (TPSA) is 100 Å². The number of benzene rings is 1. The molecule has 0 radical (unpaired) electrons. The molecule has 1 aliphatic heterocycles. The number of halogens is 4. The monoisotopic (exact) mass is 559 g/mol. The van der Waals surface area contributed by atoms with Crippen LogP contribution in [0.1, 0.15) is 28.2 Å². The van der Waals surface area contributed by atoms with Crippen molar-refractivity contribution in [3.05, 3.63) is 63.0 Å². The molecule has 0 bridgehead atoms. The van der Waals surface area contributed by atoms with Crippen molar-refractivity contribution in [1.29, 1.82) is 0 Å². The van der Waals surface area contributed by atoms with Crippen LogP contribution in [0.3, 0.4) is 0 Å². The van der Waals surface area contributed by atoms with Crippen molar-refractivity contribution >= 4 is 39.1 Å². The fourth-order valence-corrected chi connectivity index (χ4v) is 4.34. The predicted molar refractivity (Wildman–Crippen MR) is 123 cm³/mol. The van der Waals surface area contributed by atoms with Crippen LogP contribution in [-0.4, -0.2) is 62.2 Å². The van der Waals surface area contributed by atoms with E-state index in [1.54, 1.807) is 11.3 Å². The van der Waals surface area contributed by atoms with Gasteiger partial charge in [-0.2, -0.15) is 23.1 Å². The summed E-state index contributed by atoms with van der Waals surface area (Å²) in [5, 5.41) is 20.9. The number of piperidine rings is 1. The molecule has 0 atom stereocenters. The minimum atomic E-state index is -5.08. The molecule has 3 aromatic rings. The predicted octanol–water partition coefficient (Wildman–Crippen LogP) is 4.12. The van der Waals surface area contributed by atoms with Crippen molar-refractivity contribution in [2.24, 2.45) is 0 Å². The van der Waals surface area contributed by atoms with Crippen LogP contribution in [0, 0.1) is 0 Å². The van der Waals surface area contributed by atoms with Gasteiger partial charge in [-0.15, -0.1) is 16.4 Å². The number of nitrogens with zero attached hydrogens (tertiary/aromatic N) is 4. The molecule has 2 aromatic heterocycles. The van der Waals surface area contributed by atoms with E-state index < -0.39 is 12.1 Å². The number of aromatic nitrogens is 3. The number of nitrogens with one attached hydrogen (secondary N) is 1. The van der Waals surface area contributed by atoms with E-state index in [-0.39, 0.29) is 11.9 Å². The lowest BCUT2D eigenvalue weighted by Crippen LogP contribution is -2.44. The molecule has 182 valence electrons. The normalized spacial score (nSPS) is 14.8. The van der Waals surface area contributed by atoms with Gasteiger partial charge in [0, 0.05) is 35.0 Å². The van der Waals surface area contributed by atoms with Gasteiger partial charge in [-0.3, -0.25) is 9.69 Å². The molecule has 4 rings (SSSR count). The smallest absolute Gasteiger partial charge is 0.475 e. The quantitative estimate of drug-likeness (QED) is 0.487. The summed E-state index contributed by atoms with van der Waals surface area (Å²) in [6, 6.07) is 12.1. The Bertz CT molecular complexity index is 1100. The van der Waals surface area contributed by atoms with Crippen molar-refractivity contribution in [3.63, 3.8) is 0 Å². The van der Waals surface area contributed by atoms with Gasteiger partial charge in [0.1, 0.15) is 0 Å². The maximum Gasteiger partial charge on any atom is 0.490 e. The molecule has 8 nitrogen and oxygen atoms in total. The molecule has 1 fully saturated rings. The summed E-state index contributed by atoms with van der Waals surface area (Å²) >= 11 is 5.23. The highest BCUT2D eigenvalue weighted by Gasteiger charge is 2.38. The van der Waals surface area contributed by atoms with Crippen molar-refractivity contribution in [3.8, 4) is 5.69 Å². The highest BCUT2D eigenvalue weighted by atomic mass is 79.9. The van der Waals surface area contributed by atoms with Gasteiger partial charge in [-0.1, -0.05) is 28.1 Å². The van der Waals surface area contributed by atoms with Crippen LogP contribution in [0.2, 0.25) is 0 Å². The summed E-state index contributed by atoms with van der Waals surface area (Å²) in [5.41, 5.74) is 1.15. The van der Waals surface area contributed by atoms with E-state index in [0.717, 1.165) is 42.6 Å². The van der Waals surface area contributed by atoms with Crippen LogP contribution in [-0.2, 0) is 11.3 Å². The van der Waals surface area contributed by atoms with E-state index >= 15 is 0 Å². The maximum atomic E-state index is 12.5. The second kappa shape index (κ2) is 11.6. The molecule has 2 N–H and O–H groups in total. The molecular weight excluding hydrogens is 539 g/mol. The number of carboxylic acid groups (broad SMARTS) is 1. The molecule has 0 spiro atoms. The number of likely N-dealkylation sites (tertiary alicyclic amines) is 1. The summed E-state index contributed by atoms with van der Waals surface area (Å²) in [7, 11) is 0. The van der Waals surface area contributed by atoms with Gasteiger partial charge in [0.25, 0.3) is 5.91 Å². The van der Waals surface area contributed by atoms with Gasteiger partial charge in [0.05, 0.1) is 11.9 Å². The number of rotatable bonds is 5. The first kappa shape index (κ1) is 25.8. The van der Waals surface area contributed by atoms with Crippen LogP contribution in [0.25, 0.3) is 5.69 Å². The number of aliphatic carboxylic acids is 1. The Hall–Kier alpha value is -2.77. The number of thiophene rings is 1. The van der Waals surface area contributed by atoms with Crippen LogP contribution >= 0.6 is 27.3 Å². The minimum absolute atomic E-state index is 0.159. The Labute approximate surface area is 205 Å². The Morgan fingerprint density at radius 3 is 2.50 bits per heavy atom. The van der Waals surface area contributed by atoms with Crippen LogP contribution in [0.15, 0.2) is 52.4 Å². The van der Waals surface area contributed by atoms with E-state index in [4.69, 9.17) is 9.90 Å². The molecule has 0 aliphatic carbocycles. The van der Waals surface area contributed by atoms with Crippen molar-refractivity contribution in [2.75, 3.05) is 13.1 Å². The standard InChI is InChI=1S/C19H20BrN5OS.C2HF3O2/c20-14-3-1-4-16(11-14)25-21-12-18(23-25)19(26)22-15-6-8-24(9-7-15)13-17-5-2-10-27-17;3-2(4,5)1(6)7/h1-5,10-12,15H,6-9,13H2,(H,22,26);(H,6,7). The average molecular weight is 560 g/mol. The molecule has 1 amide bonds. The third-order valence-electron chi connectivity index (χ3n) is 4.89. The third kappa shape index (κ3) is 7.64. The molecule has 0 unspecified atom stereocenters. The van der Waals surface area contributed by atoms with Crippen LogP contribution < -0.4 is 5.32 Å². The Morgan fingerprint density at radius 1 is 1.21 bits per heavy atom. The molecule has 3 heterocycles. The zero-order valence-electron chi connectivity index (χ0n) is 17.7. The SMILES string of the molecule is O=C(NC1CCN(Cc2cccs2)CC1)c1cnn(-c2cccc(Br)c2)n1.O=C(O)C(F)(F)F. The second-order valence-corrected chi connectivity index (χ2v) is 9.35. The summed E-state index contributed by atoms with van der Waals surface area (Å²) < 4.78 is 32.7. The lowest BCUT2D eigenvalue weighted by atomic mass is 10.0. The number of carbonyl (C=O) groups is 2. The number of hydrogen-bond acceptors (Lipinski definition) is 6. The van der Waals surface area contributed by atoms with E-state index in [0.29, 0.717) is 5.69 Å². The number of alkyl halides is 3. The Morgan fingerprint density at radius 2 is 1.91 bits per heavy atom. The van der Waals surface area contributed by atoms with E-state index in [1.807, 2.05) is 24.3 Å². The van der Waals surface area contributed by atoms with E-state index in [2.05, 4.69) is 53.9 Å². The summed E-state index contributed by atoms with van der Waals surface area (Å²) in [6.07, 6.45) is -1.66. The van der Waals surface area contributed by atoms with E-state index in [1.165, 1.54) is 15.9 Å². The molecular formula is C21H21BrF3N5O3S. The number of carbonyl (C=O) groups excluding carboxylic acids is 1. The van der Waals surface area contributed by atoms with Gasteiger partial charge in [-0.05, 0) is 42.5 Å². The zero-order valence-corrected chi connectivity index (χ0v) is 20.1. The first-order valence-electron chi connectivity index (χ1n) is 10.2. The van der Waals surface area contributed by atoms with Gasteiger partial charge >= 0.3 is 12.1 Å². The number of hydrogen-bond donors (Lipinski definition) is 2. The average Bonchev–Trinajstić information content (AvgIpc) is 3.47. The van der Waals surface area contributed by atoms with Crippen molar-refractivity contribution < 1.29 is 27.9 Å². The molecule has 34 heavy (non-hydrogen) atoms. The second-order valence-electron chi connectivity index (χ2n) is 7.41. The first-order chi connectivity index (χ1) is 16.1. The molecule has 13 heteroatoms. The van der Waals surface area contributed by atoms with Crippen LogP contribution in [0.4, 0.5) is 13.2 Å². The van der Waals surface area contributed by atoms with E-state index in [9.17, 15) is 18.0 Å². The van der Waals surface area contributed by atoms with Crippen molar-refractivity contribution in [1.82, 2.24) is 25.2 Å². The largest absolute Gasteiger partial charge is 0.490 e. The van der Waals surface area contributed by atoms with Crippen LogP contribution in [0.5, 0.6) is 0 Å². The number of amides is 1. The lowest BCUT2D eigenvalue weighted by Gasteiger charge is -2.31. The summed E-state index contributed by atoms with van der Waals surface area (Å²) in [5.74, 6) is -2.92. The summed E-state index contributed by atoms with van der Waals surface area (Å²) in [6.45, 7) is 2.99. The van der Waals surface area contributed by atoms with Crippen molar-refractivity contribution in [2.45, 2.75) is 31.6 Å². The zero-order chi connectivity index (χ0) is 24.7. The van der Waals surface area contributed by atoms with Gasteiger partial charge < -0.3 is 10.4 Å². The van der Waals surface area contributed by atoms with Gasteiger partial charge in [0.15, 0.2) is 5.69 Å². The minimum Gasteiger partial charge on any atom is -0.475 e. The Balaban J connectivity index is 0.000000406. The lowest BCUT2D eigenvalue weighted by molar-refractivity contribution is -0.192. The van der Waals surface area contributed by atoms with Gasteiger partial charge in [-0.25, -0.2) is 4.79 Å². The highest BCUT2D eigenvalue weighted by molar-refractivity contribution is 9.10. The molecule has 1 aliphatic rings.